The van der Waals surface area contributed by atoms with Gasteiger partial charge in [-0.1, -0.05) is 0 Å². The van der Waals surface area contributed by atoms with Crippen molar-refractivity contribution in [1.29, 1.82) is 0 Å². The zero-order valence-electron chi connectivity index (χ0n) is 11.5. The topological polar surface area (TPSA) is 81.7 Å². The number of amides is 1. The van der Waals surface area contributed by atoms with E-state index in [1.54, 1.807) is 6.07 Å². The molecule has 1 aliphatic carbocycles. The van der Waals surface area contributed by atoms with E-state index in [4.69, 9.17) is 9.47 Å². The molecule has 0 spiro atoms. The van der Waals surface area contributed by atoms with Crippen LogP contribution in [-0.2, 0) is 14.6 Å². The molecule has 1 heterocycles. The second-order valence-corrected chi connectivity index (χ2v) is 7.30. The van der Waals surface area contributed by atoms with Crippen molar-refractivity contribution in [2.75, 3.05) is 25.5 Å². The fraction of sp³-hybridized carbons (Fsp3) is 0.500. The zero-order chi connectivity index (χ0) is 14.9. The third kappa shape index (κ3) is 3.47. The van der Waals surface area contributed by atoms with Crippen molar-refractivity contribution in [1.82, 2.24) is 5.32 Å². The minimum atomic E-state index is -3.67. The molecule has 0 unspecified atom stereocenters. The maximum atomic E-state index is 12.2. The van der Waals surface area contributed by atoms with Crippen LogP contribution in [-0.4, -0.2) is 39.8 Å². The number of hydrogen-bond acceptors (Lipinski definition) is 5. The normalized spacial score (nSPS) is 17.3. The number of carbonyl (C=O) groups excluding carboxylic acids is 1. The Bertz CT molecular complexity index is 651. The van der Waals surface area contributed by atoms with E-state index in [0.29, 0.717) is 37.2 Å². The number of carbonyl (C=O) groups is 1. The van der Waals surface area contributed by atoms with E-state index in [1.807, 2.05) is 0 Å². The van der Waals surface area contributed by atoms with Crippen LogP contribution in [0, 0.1) is 5.92 Å². The SMILES string of the molecule is O=C(CS(=O)(=O)c1ccc2c(c1)OCCO2)NCC1CC1. The molecule has 0 radical (unpaired) electrons. The van der Waals surface area contributed by atoms with Crippen molar-refractivity contribution in [3.05, 3.63) is 18.2 Å². The molecule has 0 bridgehead atoms. The molecule has 0 aromatic heterocycles. The monoisotopic (exact) mass is 311 g/mol. The van der Waals surface area contributed by atoms with Crippen molar-refractivity contribution in [2.24, 2.45) is 5.92 Å². The Morgan fingerprint density at radius 2 is 1.90 bits per heavy atom. The number of nitrogens with one attached hydrogen (secondary N) is 1. The number of hydrogen-bond donors (Lipinski definition) is 1. The van der Waals surface area contributed by atoms with Crippen LogP contribution in [0.25, 0.3) is 0 Å². The molecular weight excluding hydrogens is 294 g/mol. The molecular formula is C14H17NO5S. The highest BCUT2D eigenvalue weighted by Gasteiger charge is 2.25. The summed E-state index contributed by atoms with van der Waals surface area (Å²) < 4.78 is 35.2. The van der Waals surface area contributed by atoms with Crippen molar-refractivity contribution < 1.29 is 22.7 Å². The molecule has 1 saturated carbocycles. The molecule has 114 valence electrons. The fourth-order valence-corrected chi connectivity index (χ4v) is 3.28. The van der Waals surface area contributed by atoms with Crippen molar-refractivity contribution in [3.8, 4) is 11.5 Å². The summed E-state index contributed by atoms with van der Waals surface area (Å²) in [5.41, 5.74) is 0. The molecule has 1 aromatic rings. The fourth-order valence-electron chi connectivity index (χ4n) is 2.10. The summed E-state index contributed by atoms with van der Waals surface area (Å²) in [6.07, 6.45) is 2.21. The molecule has 1 aliphatic heterocycles. The largest absolute Gasteiger partial charge is 0.486 e. The van der Waals surface area contributed by atoms with Gasteiger partial charge < -0.3 is 14.8 Å². The predicted octanol–water partition coefficient (Wildman–Crippen LogP) is 0.758. The molecule has 6 nitrogen and oxygen atoms in total. The average Bonchev–Trinajstić information content (AvgIpc) is 3.28. The summed E-state index contributed by atoms with van der Waals surface area (Å²) in [5.74, 6) is 0.446. The van der Waals surface area contributed by atoms with Crippen LogP contribution in [0.3, 0.4) is 0 Å². The molecule has 1 fully saturated rings. The third-order valence-corrected chi connectivity index (χ3v) is 5.09. The smallest absolute Gasteiger partial charge is 0.235 e. The highest BCUT2D eigenvalue weighted by molar-refractivity contribution is 7.92. The lowest BCUT2D eigenvalue weighted by Gasteiger charge is -2.18. The molecule has 0 atom stereocenters. The molecule has 1 amide bonds. The standard InChI is InChI=1S/C14H17NO5S/c16-14(15-8-10-1-2-10)9-21(17,18)11-3-4-12-13(7-11)20-6-5-19-12/h3-4,7,10H,1-2,5-6,8-9H2,(H,15,16). The number of benzene rings is 1. The number of ether oxygens (including phenoxy) is 2. The van der Waals surface area contributed by atoms with Crippen molar-refractivity contribution in [2.45, 2.75) is 17.7 Å². The molecule has 3 rings (SSSR count). The van der Waals surface area contributed by atoms with E-state index in [1.165, 1.54) is 12.1 Å². The van der Waals surface area contributed by atoms with Gasteiger partial charge in [0.15, 0.2) is 21.3 Å². The van der Waals surface area contributed by atoms with Crippen LogP contribution in [0.4, 0.5) is 0 Å². The predicted molar refractivity (Wildman–Crippen MR) is 75.2 cm³/mol. The second kappa shape index (κ2) is 5.55. The van der Waals surface area contributed by atoms with E-state index in [-0.39, 0.29) is 4.90 Å². The Morgan fingerprint density at radius 1 is 1.19 bits per heavy atom. The van der Waals surface area contributed by atoms with Crippen molar-refractivity contribution in [3.63, 3.8) is 0 Å². The van der Waals surface area contributed by atoms with E-state index in [9.17, 15) is 13.2 Å². The maximum absolute atomic E-state index is 12.2. The number of sulfone groups is 1. The summed E-state index contributed by atoms with van der Waals surface area (Å²) in [5, 5.41) is 2.66. The molecule has 1 aromatic carbocycles. The van der Waals surface area contributed by atoms with Gasteiger partial charge in [0.25, 0.3) is 0 Å². The van der Waals surface area contributed by atoms with Gasteiger partial charge in [-0.15, -0.1) is 0 Å². The summed E-state index contributed by atoms with van der Waals surface area (Å²) in [4.78, 5) is 11.8. The van der Waals surface area contributed by atoms with Gasteiger partial charge in [0.2, 0.25) is 5.91 Å². The molecule has 1 N–H and O–H groups in total. The molecule has 21 heavy (non-hydrogen) atoms. The van der Waals surface area contributed by atoms with Gasteiger partial charge in [0.05, 0.1) is 4.90 Å². The maximum Gasteiger partial charge on any atom is 0.235 e. The highest BCUT2D eigenvalue weighted by atomic mass is 32.2. The Morgan fingerprint density at radius 3 is 2.62 bits per heavy atom. The van der Waals surface area contributed by atoms with E-state index in [0.717, 1.165) is 12.8 Å². The van der Waals surface area contributed by atoms with E-state index < -0.39 is 21.5 Å². The third-order valence-electron chi connectivity index (χ3n) is 3.48. The lowest BCUT2D eigenvalue weighted by molar-refractivity contribution is -0.118. The second-order valence-electron chi connectivity index (χ2n) is 5.31. The van der Waals surface area contributed by atoms with Crippen LogP contribution >= 0.6 is 0 Å². The highest BCUT2D eigenvalue weighted by Crippen LogP contribution is 2.32. The summed E-state index contributed by atoms with van der Waals surface area (Å²) >= 11 is 0. The molecule has 2 aliphatic rings. The summed E-state index contributed by atoms with van der Waals surface area (Å²) in [6.45, 7) is 1.40. The van der Waals surface area contributed by atoms with Crippen LogP contribution in [0.5, 0.6) is 11.5 Å². The van der Waals surface area contributed by atoms with E-state index >= 15 is 0 Å². The zero-order valence-corrected chi connectivity index (χ0v) is 12.3. The van der Waals surface area contributed by atoms with Gasteiger partial charge in [0, 0.05) is 12.6 Å². The minimum Gasteiger partial charge on any atom is -0.486 e. The van der Waals surface area contributed by atoms with Gasteiger partial charge in [-0.3, -0.25) is 4.79 Å². The molecule has 7 heteroatoms. The van der Waals surface area contributed by atoms with E-state index in [2.05, 4.69) is 5.32 Å². The lowest BCUT2D eigenvalue weighted by Crippen LogP contribution is -2.31. The quantitative estimate of drug-likeness (QED) is 0.868. The van der Waals surface area contributed by atoms with Gasteiger partial charge in [-0.2, -0.15) is 0 Å². The Hall–Kier alpha value is -1.76. The first-order valence-electron chi connectivity index (χ1n) is 6.94. The Balaban J connectivity index is 1.69. The van der Waals surface area contributed by atoms with Crippen molar-refractivity contribution >= 4 is 15.7 Å². The van der Waals surface area contributed by atoms with Gasteiger partial charge in [0.1, 0.15) is 19.0 Å². The molecule has 0 saturated heterocycles. The first-order valence-corrected chi connectivity index (χ1v) is 8.59. The van der Waals surface area contributed by atoms with Gasteiger partial charge in [-0.05, 0) is 30.9 Å². The number of rotatable bonds is 5. The first kappa shape index (κ1) is 14.2. The number of fused-ring (bicyclic) bond motifs is 1. The minimum absolute atomic E-state index is 0.0771. The first-order chi connectivity index (χ1) is 10.0. The van der Waals surface area contributed by atoms with Crippen LogP contribution in [0.2, 0.25) is 0 Å². The average molecular weight is 311 g/mol. The van der Waals surface area contributed by atoms with Gasteiger partial charge in [-0.25, -0.2) is 8.42 Å². The summed E-state index contributed by atoms with van der Waals surface area (Å²) in [7, 11) is -3.67. The Kier molecular flexibility index (Phi) is 3.75. The van der Waals surface area contributed by atoms with Gasteiger partial charge >= 0.3 is 0 Å². The Labute approximate surface area is 123 Å². The van der Waals surface area contributed by atoms with Crippen LogP contribution < -0.4 is 14.8 Å². The van der Waals surface area contributed by atoms with Crippen LogP contribution in [0.1, 0.15) is 12.8 Å². The summed E-state index contributed by atoms with van der Waals surface area (Å²) in [6, 6.07) is 4.42. The van der Waals surface area contributed by atoms with Crippen LogP contribution in [0.15, 0.2) is 23.1 Å². The lowest BCUT2D eigenvalue weighted by atomic mass is 10.3.